The summed E-state index contributed by atoms with van der Waals surface area (Å²) >= 11 is 0. The number of aryl methyl sites for hydroxylation is 2. The molecular formula is C39H57F2N. The first-order chi connectivity index (χ1) is 20.7. The number of hydrogen-bond acceptors (Lipinski definition) is 1. The first-order valence-electron chi connectivity index (χ1n) is 18.1. The fraction of sp³-hybridized carbons (Fsp3) is 0.718. The Balaban J connectivity index is 0.988. The molecule has 3 heteroatoms. The molecule has 0 bridgehead atoms. The van der Waals surface area contributed by atoms with Crippen molar-refractivity contribution in [1.82, 2.24) is 4.98 Å². The lowest BCUT2D eigenvalue weighted by atomic mass is 9.80. The summed E-state index contributed by atoms with van der Waals surface area (Å²) < 4.78 is 30.6. The summed E-state index contributed by atoms with van der Waals surface area (Å²) in [5.74, 6) is 1.29. The van der Waals surface area contributed by atoms with E-state index in [9.17, 15) is 0 Å². The van der Waals surface area contributed by atoms with E-state index < -0.39 is 11.6 Å². The largest absolute Gasteiger partial charge is 0.256 e. The van der Waals surface area contributed by atoms with E-state index in [1.54, 1.807) is 0 Å². The maximum Gasteiger partial charge on any atom is 0.168 e. The number of halogens is 2. The van der Waals surface area contributed by atoms with E-state index in [2.05, 4.69) is 11.1 Å². The van der Waals surface area contributed by atoms with Crippen molar-refractivity contribution in [3.05, 3.63) is 52.7 Å². The van der Waals surface area contributed by atoms with Crippen molar-refractivity contribution in [3.8, 4) is 11.3 Å². The Bertz CT molecular complexity index is 1070. The predicted octanol–water partition coefficient (Wildman–Crippen LogP) is 12.1. The lowest BCUT2D eigenvalue weighted by molar-refractivity contribution is 0.388. The van der Waals surface area contributed by atoms with Crippen molar-refractivity contribution in [3.63, 3.8) is 0 Å². The van der Waals surface area contributed by atoms with Gasteiger partial charge >= 0.3 is 0 Å². The van der Waals surface area contributed by atoms with Gasteiger partial charge in [0, 0.05) is 11.8 Å². The molecule has 1 atom stereocenters. The molecule has 2 fully saturated rings. The maximum absolute atomic E-state index is 15.3. The third-order valence-corrected chi connectivity index (χ3v) is 10.5. The highest BCUT2D eigenvalue weighted by Crippen LogP contribution is 2.37. The van der Waals surface area contributed by atoms with E-state index >= 15 is 8.78 Å². The number of rotatable bonds is 21. The van der Waals surface area contributed by atoms with Gasteiger partial charge in [0.2, 0.25) is 0 Å². The summed E-state index contributed by atoms with van der Waals surface area (Å²) in [5, 5.41) is 0. The predicted molar refractivity (Wildman–Crippen MR) is 173 cm³/mol. The summed E-state index contributed by atoms with van der Waals surface area (Å²) in [6.45, 7) is 0. The van der Waals surface area contributed by atoms with Crippen LogP contribution in [0.1, 0.15) is 158 Å². The molecule has 2 saturated carbocycles. The molecule has 2 aromatic rings. The van der Waals surface area contributed by atoms with Crippen LogP contribution in [0.3, 0.4) is 0 Å². The maximum atomic E-state index is 15.3. The molecule has 0 amide bonds. The number of unbranched alkanes of at least 4 members (excludes halogenated alkanes) is 12. The molecular weight excluding hydrogens is 520 g/mol. The van der Waals surface area contributed by atoms with Crippen LogP contribution in [0.15, 0.2) is 24.4 Å². The van der Waals surface area contributed by atoms with Gasteiger partial charge < -0.3 is 0 Å². The molecule has 1 aromatic heterocycles. The van der Waals surface area contributed by atoms with Gasteiger partial charge in [-0.3, -0.25) is 4.98 Å². The SMILES string of the molecule is Fc1c(-c2ccc(CCCCCCCCCC3CC3)cn2)cc2c(c1F)CC(CCCCCCCCCC1CC1)CC2. The highest BCUT2D eigenvalue weighted by molar-refractivity contribution is 5.63. The number of nitrogens with zero attached hydrogens (tertiary/aromatic N) is 1. The second-order valence-electron chi connectivity index (χ2n) is 14.3. The van der Waals surface area contributed by atoms with Gasteiger partial charge in [-0.2, -0.15) is 0 Å². The topological polar surface area (TPSA) is 12.9 Å². The van der Waals surface area contributed by atoms with Crippen LogP contribution in [0.2, 0.25) is 0 Å². The third kappa shape index (κ3) is 10.4. The Labute approximate surface area is 255 Å². The minimum atomic E-state index is -0.714. The molecule has 3 aliphatic carbocycles. The Morgan fingerprint density at radius 3 is 1.69 bits per heavy atom. The average Bonchev–Trinajstić information content (AvgIpc) is 3.94. The van der Waals surface area contributed by atoms with Crippen LogP contribution in [0.4, 0.5) is 8.78 Å². The van der Waals surface area contributed by atoms with Crippen LogP contribution < -0.4 is 0 Å². The van der Waals surface area contributed by atoms with Crippen LogP contribution in [0.25, 0.3) is 11.3 Å². The van der Waals surface area contributed by atoms with Gasteiger partial charge in [-0.1, -0.05) is 134 Å². The molecule has 0 radical (unpaired) electrons. The van der Waals surface area contributed by atoms with Gasteiger partial charge in [-0.05, 0) is 78.7 Å². The van der Waals surface area contributed by atoms with Crippen molar-refractivity contribution in [2.75, 3.05) is 0 Å². The average molecular weight is 578 g/mol. The van der Waals surface area contributed by atoms with E-state index in [1.165, 1.54) is 134 Å². The van der Waals surface area contributed by atoms with Gasteiger partial charge in [-0.25, -0.2) is 8.78 Å². The Hall–Kier alpha value is -1.77. The van der Waals surface area contributed by atoms with E-state index in [4.69, 9.17) is 0 Å². The van der Waals surface area contributed by atoms with Crippen molar-refractivity contribution in [1.29, 1.82) is 0 Å². The lowest BCUT2D eigenvalue weighted by Crippen LogP contribution is -2.17. The highest BCUT2D eigenvalue weighted by Gasteiger charge is 2.26. The molecule has 0 aliphatic heterocycles. The molecule has 3 aliphatic rings. The first-order valence-corrected chi connectivity index (χ1v) is 18.1. The highest BCUT2D eigenvalue weighted by atomic mass is 19.2. The van der Waals surface area contributed by atoms with Gasteiger partial charge in [0.15, 0.2) is 11.6 Å². The molecule has 0 saturated heterocycles. The number of hydrogen-bond donors (Lipinski definition) is 0. The summed E-state index contributed by atoms with van der Waals surface area (Å²) in [4.78, 5) is 4.57. The fourth-order valence-electron chi connectivity index (χ4n) is 7.28. The number of aromatic nitrogens is 1. The lowest BCUT2D eigenvalue weighted by Gasteiger charge is -2.26. The third-order valence-electron chi connectivity index (χ3n) is 10.5. The minimum Gasteiger partial charge on any atom is -0.256 e. The van der Waals surface area contributed by atoms with Gasteiger partial charge in [-0.15, -0.1) is 0 Å². The van der Waals surface area contributed by atoms with Crippen LogP contribution in [-0.4, -0.2) is 4.98 Å². The Morgan fingerprint density at radius 1 is 0.595 bits per heavy atom. The number of benzene rings is 1. The second kappa shape index (κ2) is 16.9. The monoisotopic (exact) mass is 577 g/mol. The number of fused-ring (bicyclic) bond motifs is 1. The fourth-order valence-corrected chi connectivity index (χ4v) is 7.28. The van der Waals surface area contributed by atoms with E-state index in [1.807, 2.05) is 18.3 Å². The number of pyridine rings is 1. The normalized spacial score (nSPS) is 18.4. The summed E-state index contributed by atoms with van der Waals surface area (Å²) in [7, 11) is 0. The molecule has 232 valence electrons. The van der Waals surface area contributed by atoms with Gasteiger partial charge in [0.25, 0.3) is 0 Å². The van der Waals surface area contributed by atoms with E-state index in [-0.39, 0.29) is 0 Å². The van der Waals surface area contributed by atoms with Crippen LogP contribution >= 0.6 is 0 Å². The zero-order valence-corrected chi connectivity index (χ0v) is 26.4. The summed E-state index contributed by atoms with van der Waals surface area (Å²) in [6, 6.07) is 5.83. The van der Waals surface area contributed by atoms with Crippen LogP contribution in [-0.2, 0) is 19.3 Å². The van der Waals surface area contributed by atoms with Crippen LogP contribution in [0, 0.1) is 29.4 Å². The molecule has 0 spiro atoms. The quantitative estimate of drug-likeness (QED) is 0.134. The summed E-state index contributed by atoms with van der Waals surface area (Å²) in [5.41, 5.74) is 3.69. The summed E-state index contributed by atoms with van der Waals surface area (Å²) in [6.07, 6.45) is 34.2. The Kier molecular flexibility index (Phi) is 12.7. The molecule has 1 aromatic carbocycles. The smallest absolute Gasteiger partial charge is 0.168 e. The first kappa shape index (κ1) is 31.6. The molecule has 1 heterocycles. The van der Waals surface area contributed by atoms with Crippen molar-refractivity contribution in [2.24, 2.45) is 17.8 Å². The van der Waals surface area contributed by atoms with Crippen molar-refractivity contribution >= 4 is 0 Å². The van der Waals surface area contributed by atoms with E-state index in [0.717, 1.165) is 43.1 Å². The zero-order chi connectivity index (χ0) is 29.0. The standard InChI is InChI=1S/C39H57F2N/c40-38-35-27-32(17-13-9-5-1-3-7-11-15-30-19-20-30)23-25-34(35)28-36(39(38)41)37-26-24-33(29-42-37)18-14-10-6-2-4-8-12-16-31-21-22-31/h24,26,28-32H,1-23,25,27H2. The Morgan fingerprint density at radius 2 is 1.14 bits per heavy atom. The second-order valence-corrected chi connectivity index (χ2v) is 14.3. The van der Waals surface area contributed by atoms with Gasteiger partial charge in [0.05, 0.1) is 5.69 Å². The molecule has 1 unspecified atom stereocenters. The zero-order valence-electron chi connectivity index (χ0n) is 26.4. The molecule has 42 heavy (non-hydrogen) atoms. The molecule has 1 nitrogen and oxygen atoms in total. The van der Waals surface area contributed by atoms with Crippen molar-refractivity contribution in [2.45, 2.75) is 161 Å². The molecule has 5 rings (SSSR count). The van der Waals surface area contributed by atoms with E-state index in [0.29, 0.717) is 29.2 Å². The molecule has 0 N–H and O–H groups in total. The van der Waals surface area contributed by atoms with Crippen molar-refractivity contribution < 1.29 is 8.78 Å². The minimum absolute atomic E-state index is 0.329. The van der Waals surface area contributed by atoms with Gasteiger partial charge in [0.1, 0.15) is 0 Å². The van der Waals surface area contributed by atoms with Crippen LogP contribution in [0.5, 0.6) is 0 Å².